The van der Waals surface area contributed by atoms with E-state index in [1.165, 1.54) is 4.90 Å². The van der Waals surface area contributed by atoms with Gasteiger partial charge in [-0.1, -0.05) is 6.07 Å². The molecule has 2 nitrogen and oxygen atoms in total. The van der Waals surface area contributed by atoms with E-state index in [4.69, 9.17) is 5.41 Å². The summed E-state index contributed by atoms with van der Waals surface area (Å²) in [5, 5.41) is 7.50. The van der Waals surface area contributed by atoms with Crippen LogP contribution in [-0.2, 0) is 0 Å². The maximum Gasteiger partial charge on any atom is 0.152 e. The molecule has 1 aliphatic rings. The van der Waals surface area contributed by atoms with Crippen LogP contribution in [-0.4, -0.2) is 18.3 Å². The van der Waals surface area contributed by atoms with E-state index in [1.807, 2.05) is 24.5 Å². The van der Waals surface area contributed by atoms with Gasteiger partial charge in [0.25, 0.3) is 0 Å². The zero-order valence-corrected chi connectivity index (χ0v) is 7.48. The van der Waals surface area contributed by atoms with Crippen LogP contribution in [0.5, 0.6) is 0 Å². The first-order valence-corrected chi connectivity index (χ1v) is 4.85. The number of fused-ring (bicyclic) bond motifs is 1. The average molecular weight is 176 g/mol. The molecule has 0 bridgehead atoms. The summed E-state index contributed by atoms with van der Waals surface area (Å²) in [6.45, 7) is 0. The normalized spacial score (nSPS) is 13.6. The second-order valence-corrected chi connectivity index (χ2v) is 3.44. The second-order valence-electron chi connectivity index (χ2n) is 2.56. The van der Waals surface area contributed by atoms with Crippen molar-refractivity contribution in [3.8, 4) is 0 Å². The first-order chi connectivity index (χ1) is 5.81. The van der Waals surface area contributed by atoms with E-state index in [-0.39, 0.29) is 0 Å². The fourth-order valence-corrected chi connectivity index (χ4v) is 1.62. The highest BCUT2D eigenvalue weighted by Gasteiger charge is 2.11. The Morgan fingerprint density at radius 3 is 3.00 bits per heavy atom. The molecule has 0 aromatic heterocycles. The molecule has 0 saturated heterocycles. The summed E-state index contributed by atoms with van der Waals surface area (Å²) in [5.74, 6) is 0.376. The zero-order chi connectivity index (χ0) is 8.55. The lowest BCUT2D eigenvalue weighted by Gasteiger charge is -1.99. The van der Waals surface area contributed by atoms with E-state index < -0.39 is 0 Å². The lowest BCUT2D eigenvalue weighted by Crippen LogP contribution is -1.91. The molecule has 0 radical (unpaired) electrons. The standard InChI is InChI=1S/C9H8N2S/c1-12-7-3-2-6-5-11-9(10)8(6)4-7/h2-5,10H,1H3. The quantitative estimate of drug-likeness (QED) is 0.654. The molecule has 3 heteroatoms. The second kappa shape index (κ2) is 2.75. The van der Waals surface area contributed by atoms with Crippen LogP contribution in [0, 0.1) is 5.41 Å². The van der Waals surface area contributed by atoms with Crippen LogP contribution in [0.1, 0.15) is 11.1 Å². The Labute approximate surface area is 75.2 Å². The zero-order valence-electron chi connectivity index (χ0n) is 6.66. The summed E-state index contributed by atoms with van der Waals surface area (Å²) in [4.78, 5) is 5.11. The molecule has 1 aliphatic heterocycles. The molecule has 60 valence electrons. The molecule has 2 rings (SSSR count). The highest BCUT2D eigenvalue weighted by Crippen LogP contribution is 2.21. The van der Waals surface area contributed by atoms with Crippen molar-refractivity contribution in [2.75, 3.05) is 6.26 Å². The predicted molar refractivity (Wildman–Crippen MR) is 52.6 cm³/mol. The van der Waals surface area contributed by atoms with E-state index >= 15 is 0 Å². The van der Waals surface area contributed by atoms with Gasteiger partial charge in [0.05, 0.1) is 0 Å². The van der Waals surface area contributed by atoms with E-state index in [1.54, 1.807) is 18.0 Å². The number of thioether (sulfide) groups is 1. The number of benzene rings is 1. The van der Waals surface area contributed by atoms with Crippen molar-refractivity contribution in [3.05, 3.63) is 29.3 Å². The Bertz CT molecular complexity index is 369. The summed E-state index contributed by atoms with van der Waals surface area (Å²) >= 11 is 1.68. The lowest BCUT2D eigenvalue weighted by atomic mass is 10.1. The van der Waals surface area contributed by atoms with Crippen LogP contribution >= 0.6 is 11.8 Å². The summed E-state index contributed by atoms with van der Waals surface area (Å²) in [6, 6.07) is 6.07. The average Bonchev–Trinajstić information content (AvgIpc) is 2.47. The maximum atomic E-state index is 7.50. The molecule has 0 amide bonds. The van der Waals surface area contributed by atoms with Gasteiger partial charge in [0.15, 0.2) is 5.84 Å². The van der Waals surface area contributed by atoms with E-state index in [0.717, 1.165) is 11.1 Å². The number of nitrogens with zero attached hydrogens (tertiary/aromatic N) is 1. The number of hydrogen-bond acceptors (Lipinski definition) is 2. The van der Waals surface area contributed by atoms with Crippen molar-refractivity contribution < 1.29 is 0 Å². The molecule has 0 saturated carbocycles. The molecule has 1 heterocycles. The van der Waals surface area contributed by atoms with Gasteiger partial charge in [0.2, 0.25) is 0 Å². The fraction of sp³-hybridized carbons (Fsp3) is 0.111. The van der Waals surface area contributed by atoms with Crippen molar-refractivity contribution in [1.82, 2.24) is 0 Å². The van der Waals surface area contributed by atoms with Gasteiger partial charge in [-0.05, 0) is 18.4 Å². The third-order valence-corrected chi connectivity index (χ3v) is 2.57. The highest BCUT2D eigenvalue weighted by molar-refractivity contribution is 7.98. The Balaban J connectivity index is 2.55. The third kappa shape index (κ3) is 1.06. The van der Waals surface area contributed by atoms with Gasteiger partial charge in [-0.15, -0.1) is 11.8 Å². The van der Waals surface area contributed by atoms with Gasteiger partial charge in [-0.2, -0.15) is 0 Å². The monoisotopic (exact) mass is 176 g/mol. The smallest absolute Gasteiger partial charge is 0.152 e. The maximum absolute atomic E-state index is 7.50. The van der Waals surface area contributed by atoms with Crippen molar-refractivity contribution >= 4 is 23.8 Å². The first-order valence-electron chi connectivity index (χ1n) is 3.62. The van der Waals surface area contributed by atoms with Crippen LogP contribution in [0.25, 0.3) is 0 Å². The summed E-state index contributed by atoms with van der Waals surface area (Å²) in [5.41, 5.74) is 2.00. The molecule has 0 fully saturated rings. The SMILES string of the molecule is CSc1ccc2c(c1)C(=N)N=C2. The largest absolute Gasteiger partial charge is 0.282 e. The first kappa shape index (κ1) is 7.55. The Morgan fingerprint density at radius 2 is 2.25 bits per heavy atom. The molecule has 1 aromatic rings. The van der Waals surface area contributed by atoms with Crippen molar-refractivity contribution in [2.24, 2.45) is 4.99 Å². The van der Waals surface area contributed by atoms with Crippen LogP contribution in [0.15, 0.2) is 28.1 Å². The van der Waals surface area contributed by atoms with Crippen molar-refractivity contribution in [1.29, 1.82) is 5.41 Å². The van der Waals surface area contributed by atoms with E-state index in [0.29, 0.717) is 5.84 Å². The van der Waals surface area contributed by atoms with Gasteiger partial charge >= 0.3 is 0 Å². The molecular weight excluding hydrogens is 168 g/mol. The minimum atomic E-state index is 0.376. The lowest BCUT2D eigenvalue weighted by molar-refractivity contribution is 1.40. The summed E-state index contributed by atoms with van der Waals surface area (Å²) < 4.78 is 0. The van der Waals surface area contributed by atoms with Crippen LogP contribution in [0.3, 0.4) is 0 Å². The summed E-state index contributed by atoms with van der Waals surface area (Å²) in [7, 11) is 0. The van der Waals surface area contributed by atoms with Gasteiger partial charge in [-0.3, -0.25) is 5.41 Å². The Kier molecular flexibility index (Phi) is 1.73. The molecular formula is C9H8N2S. The topological polar surface area (TPSA) is 36.2 Å². The number of aliphatic imine (C=N–C) groups is 1. The van der Waals surface area contributed by atoms with Crippen molar-refractivity contribution in [3.63, 3.8) is 0 Å². The molecule has 12 heavy (non-hydrogen) atoms. The molecule has 1 N–H and O–H groups in total. The van der Waals surface area contributed by atoms with Gasteiger partial charge in [0, 0.05) is 22.2 Å². The minimum absolute atomic E-state index is 0.376. The van der Waals surface area contributed by atoms with E-state index in [2.05, 4.69) is 4.99 Å². The number of nitrogens with one attached hydrogen (secondary N) is 1. The molecule has 1 aromatic carbocycles. The Morgan fingerprint density at radius 1 is 1.42 bits per heavy atom. The van der Waals surface area contributed by atoms with Crippen LogP contribution in [0.2, 0.25) is 0 Å². The van der Waals surface area contributed by atoms with Gasteiger partial charge in [-0.25, -0.2) is 4.99 Å². The Hall–Kier alpha value is -1.09. The predicted octanol–water partition coefficient (Wildman–Crippen LogP) is 2.17. The highest BCUT2D eigenvalue weighted by atomic mass is 32.2. The van der Waals surface area contributed by atoms with Gasteiger partial charge < -0.3 is 0 Å². The summed E-state index contributed by atoms with van der Waals surface area (Å²) in [6.07, 6.45) is 3.77. The number of hydrogen-bond donors (Lipinski definition) is 1. The molecule has 0 unspecified atom stereocenters. The number of amidine groups is 1. The van der Waals surface area contributed by atoms with Crippen molar-refractivity contribution in [2.45, 2.75) is 4.90 Å². The molecule has 0 aliphatic carbocycles. The van der Waals surface area contributed by atoms with Crippen LogP contribution in [0.4, 0.5) is 0 Å². The molecule has 0 atom stereocenters. The third-order valence-electron chi connectivity index (χ3n) is 1.85. The minimum Gasteiger partial charge on any atom is -0.282 e. The van der Waals surface area contributed by atoms with E-state index in [9.17, 15) is 0 Å². The van der Waals surface area contributed by atoms with Gasteiger partial charge in [0.1, 0.15) is 0 Å². The van der Waals surface area contributed by atoms with Crippen LogP contribution < -0.4 is 0 Å². The molecule has 0 spiro atoms. The fourth-order valence-electron chi connectivity index (χ4n) is 1.18. The number of rotatable bonds is 1.